The van der Waals surface area contributed by atoms with Gasteiger partial charge in [0.1, 0.15) is 0 Å². The van der Waals surface area contributed by atoms with Crippen molar-refractivity contribution < 1.29 is 5.11 Å². The molecule has 1 unspecified atom stereocenters. The molecule has 1 aromatic rings. The minimum absolute atomic E-state index is 0.0326. The Morgan fingerprint density at radius 3 is 2.87 bits per heavy atom. The van der Waals surface area contributed by atoms with E-state index in [4.69, 9.17) is 0 Å². The van der Waals surface area contributed by atoms with E-state index < -0.39 is 0 Å². The average molecular weight is 204 g/mol. The highest BCUT2D eigenvalue weighted by Crippen LogP contribution is 2.34. The number of rotatable bonds is 5. The Balaban J connectivity index is 1.73. The monoisotopic (exact) mass is 204 g/mol. The molecule has 0 radical (unpaired) electrons. The van der Waals surface area contributed by atoms with E-state index in [0.717, 1.165) is 19.3 Å². The van der Waals surface area contributed by atoms with Gasteiger partial charge in [-0.3, -0.25) is 0 Å². The summed E-state index contributed by atoms with van der Waals surface area (Å²) in [6, 6.07) is 8.66. The lowest BCUT2D eigenvalue weighted by Crippen LogP contribution is -2.08. The molecule has 82 valence electrons. The smallest absolute Gasteiger partial charge is 0.0568 e. The Kier molecular flexibility index (Phi) is 3.42. The van der Waals surface area contributed by atoms with E-state index >= 15 is 0 Å². The van der Waals surface area contributed by atoms with Crippen LogP contribution in [0.1, 0.15) is 36.8 Å². The van der Waals surface area contributed by atoms with Crippen molar-refractivity contribution in [1.82, 2.24) is 0 Å². The van der Waals surface area contributed by atoms with E-state index in [1.807, 2.05) is 0 Å². The Morgan fingerprint density at radius 2 is 2.20 bits per heavy atom. The van der Waals surface area contributed by atoms with Gasteiger partial charge in [0.2, 0.25) is 0 Å². The second kappa shape index (κ2) is 4.80. The summed E-state index contributed by atoms with van der Waals surface area (Å²) in [7, 11) is 0. The molecule has 0 saturated heterocycles. The molecule has 1 fully saturated rings. The fourth-order valence-electron chi connectivity index (χ4n) is 2.10. The van der Waals surface area contributed by atoms with E-state index in [-0.39, 0.29) is 6.10 Å². The third-order valence-electron chi connectivity index (χ3n) is 3.21. The van der Waals surface area contributed by atoms with Gasteiger partial charge in [0.05, 0.1) is 6.10 Å². The van der Waals surface area contributed by atoms with Crippen LogP contribution in [0.4, 0.5) is 0 Å². The van der Waals surface area contributed by atoms with Crippen LogP contribution < -0.4 is 0 Å². The molecule has 2 rings (SSSR count). The Labute approximate surface area is 92.1 Å². The standard InChI is InChI=1S/C14H20O/c1-11-4-2-5-12(10-11)6-3-7-14(15)13-8-9-13/h2,4-5,10,13-15H,3,6-9H2,1H3. The van der Waals surface area contributed by atoms with Gasteiger partial charge in [-0.05, 0) is 50.5 Å². The van der Waals surface area contributed by atoms with Gasteiger partial charge in [-0.25, -0.2) is 0 Å². The topological polar surface area (TPSA) is 20.2 Å². The molecule has 1 nitrogen and oxygen atoms in total. The molecule has 0 bridgehead atoms. The van der Waals surface area contributed by atoms with Crippen molar-refractivity contribution in [3.8, 4) is 0 Å². The van der Waals surface area contributed by atoms with E-state index in [9.17, 15) is 5.11 Å². The van der Waals surface area contributed by atoms with Crippen molar-refractivity contribution in [2.45, 2.75) is 45.1 Å². The molecule has 1 saturated carbocycles. The van der Waals surface area contributed by atoms with Crippen LogP contribution in [-0.4, -0.2) is 11.2 Å². The number of hydrogen-bond acceptors (Lipinski definition) is 1. The van der Waals surface area contributed by atoms with Crippen molar-refractivity contribution in [1.29, 1.82) is 0 Å². The average Bonchev–Trinajstić information content (AvgIpc) is 3.00. The number of aliphatic hydroxyl groups is 1. The van der Waals surface area contributed by atoms with Crippen molar-refractivity contribution >= 4 is 0 Å². The first-order valence-electron chi connectivity index (χ1n) is 5.99. The molecule has 1 aliphatic carbocycles. The van der Waals surface area contributed by atoms with Crippen LogP contribution in [-0.2, 0) is 6.42 Å². The maximum atomic E-state index is 9.72. The van der Waals surface area contributed by atoms with E-state index in [1.165, 1.54) is 24.0 Å². The molecular formula is C14H20O. The Bertz CT molecular complexity index is 315. The third-order valence-corrected chi connectivity index (χ3v) is 3.21. The van der Waals surface area contributed by atoms with Gasteiger partial charge in [0, 0.05) is 0 Å². The predicted molar refractivity (Wildman–Crippen MR) is 62.8 cm³/mol. The first-order chi connectivity index (χ1) is 7.25. The van der Waals surface area contributed by atoms with Gasteiger partial charge in [0.25, 0.3) is 0 Å². The summed E-state index contributed by atoms with van der Waals surface area (Å²) in [5.74, 6) is 0.627. The van der Waals surface area contributed by atoms with Crippen LogP contribution in [0.25, 0.3) is 0 Å². The van der Waals surface area contributed by atoms with Gasteiger partial charge in [0.15, 0.2) is 0 Å². The van der Waals surface area contributed by atoms with E-state index in [0.29, 0.717) is 5.92 Å². The van der Waals surface area contributed by atoms with Crippen LogP contribution in [0.15, 0.2) is 24.3 Å². The molecule has 1 atom stereocenters. The number of hydrogen-bond donors (Lipinski definition) is 1. The third kappa shape index (κ3) is 3.35. The van der Waals surface area contributed by atoms with Gasteiger partial charge in [-0.15, -0.1) is 0 Å². The largest absolute Gasteiger partial charge is 0.393 e. The Morgan fingerprint density at radius 1 is 1.40 bits per heavy atom. The summed E-state index contributed by atoms with van der Waals surface area (Å²) in [6.45, 7) is 2.13. The molecule has 1 aliphatic rings. The highest BCUT2D eigenvalue weighted by Gasteiger charge is 2.28. The molecule has 1 N–H and O–H groups in total. The van der Waals surface area contributed by atoms with Gasteiger partial charge in [-0.2, -0.15) is 0 Å². The molecule has 1 aromatic carbocycles. The van der Waals surface area contributed by atoms with Crippen LogP contribution in [0, 0.1) is 12.8 Å². The fraction of sp³-hybridized carbons (Fsp3) is 0.571. The van der Waals surface area contributed by atoms with Crippen LogP contribution in [0.5, 0.6) is 0 Å². The summed E-state index contributed by atoms with van der Waals surface area (Å²) < 4.78 is 0. The first-order valence-corrected chi connectivity index (χ1v) is 5.99. The molecule has 0 amide bonds. The van der Waals surface area contributed by atoms with Gasteiger partial charge >= 0.3 is 0 Å². The lowest BCUT2D eigenvalue weighted by Gasteiger charge is -2.08. The highest BCUT2D eigenvalue weighted by molar-refractivity contribution is 5.22. The maximum Gasteiger partial charge on any atom is 0.0568 e. The molecular weight excluding hydrogens is 184 g/mol. The lowest BCUT2D eigenvalue weighted by atomic mass is 10.0. The minimum Gasteiger partial charge on any atom is -0.393 e. The zero-order valence-corrected chi connectivity index (χ0v) is 9.45. The number of aryl methyl sites for hydroxylation is 2. The summed E-state index contributed by atoms with van der Waals surface area (Å²) in [6.07, 6.45) is 5.64. The van der Waals surface area contributed by atoms with Gasteiger partial charge in [-0.1, -0.05) is 29.8 Å². The first kappa shape index (κ1) is 10.7. The lowest BCUT2D eigenvalue weighted by molar-refractivity contribution is 0.139. The highest BCUT2D eigenvalue weighted by atomic mass is 16.3. The molecule has 0 aromatic heterocycles. The molecule has 0 heterocycles. The quantitative estimate of drug-likeness (QED) is 0.781. The second-order valence-electron chi connectivity index (χ2n) is 4.79. The Hall–Kier alpha value is -0.820. The van der Waals surface area contributed by atoms with Crippen molar-refractivity contribution in [3.05, 3.63) is 35.4 Å². The number of benzene rings is 1. The second-order valence-corrected chi connectivity index (χ2v) is 4.79. The normalized spacial score (nSPS) is 17.7. The van der Waals surface area contributed by atoms with E-state index in [2.05, 4.69) is 31.2 Å². The molecule has 0 spiro atoms. The van der Waals surface area contributed by atoms with Crippen molar-refractivity contribution in [2.75, 3.05) is 0 Å². The van der Waals surface area contributed by atoms with E-state index in [1.54, 1.807) is 0 Å². The van der Waals surface area contributed by atoms with Crippen molar-refractivity contribution in [2.24, 2.45) is 5.92 Å². The predicted octanol–water partition coefficient (Wildman–Crippen LogP) is 3.09. The summed E-state index contributed by atoms with van der Waals surface area (Å²) in [5.41, 5.74) is 2.73. The molecule has 15 heavy (non-hydrogen) atoms. The van der Waals surface area contributed by atoms with Crippen LogP contribution >= 0.6 is 0 Å². The molecule has 1 heteroatoms. The van der Waals surface area contributed by atoms with Crippen LogP contribution in [0.3, 0.4) is 0 Å². The van der Waals surface area contributed by atoms with Crippen molar-refractivity contribution in [3.63, 3.8) is 0 Å². The van der Waals surface area contributed by atoms with Crippen LogP contribution in [0.2, 0.25) is 0 Å². The zero-order valence-electron chi connectivity index (χ0n) is 9.45. The fourth-order valence-corrected chi connectivity index (χ4v) is 2.10. The zero-order chi connectivity index (χ0) is 10.7. The summed E-state index contributed by atoms with van der Waals surface area (Å²) in [4.78, 5) is 0. The maximum absolute atomic E-state index is 9.72. The summed E-state index contributed by atoms with van der Waals surface area (Å²) in [5, 5.41) is 9.72. The van der Waals surface area contributed by atoms with Gasteiger partial charge < -0.3 is 5.11 Å². The molecule has 0 aliphatic heterocycles. The number of aliphatic hydroxyl groups excluding tert-OH is 1. The SMILES string of the molecule is Cc1cccc(CCCC(O)C2CC2)c1. The minimum atomic E-state index is -0.0326. The summed E-state index contributed by atoms with van der Waals surface area (Å²) >= 11 is 0.